The summed E-state index contributed by atoms with van der Waals surface area (Å²) in [6.07, 6.45) is 0. The maximum atomic E-state index is 6.29. The molecule has 1 atom stereocenters. The monoisotopic (exact) mass is 272 g/mol. The topological polar surface area (TPSA) is 24.3 Å². The SMILES string of the molecule is CCN(Cc1c(C)nn(C)c1Cl)C(C)CN(C)C. The highest BCUT2D eigenvalue weighted by molar-refractivity contribution is 6.30. The molecule has 0 N–H and O–H groups in total. The Kier molecular flexibility index (Phi) is 5.63. The zero-order valence-corrected chi connectivity index (χ0v) is 13.1. The number of hydrogen-bond acceptors (Lipinski definition) is 3. The van der Waals surface area contributed by atoms with Gasteiger partial charge in [0.2, 0.25) is 0 Å². The van der Waals surface area contributed by atoms with Gasteiger partial charge in [-0.2, -0.15) is 5.10 Å². The standard InChI is InChI=1S/C13H25ClN4/c1-7-18(10(2)8-16(4)5)9-12-11(3)15-17(6)13(12)14/h10H,7-9H2,1-6H3. The van der Waals surface area contributed by atoms with Gasteiger partial charge < -0.3 is 4.90 Å². The first-order valence-corrected chi connectivity index (χ1v) is 6.81. The molecule has 0 aliphatic carbocycles. The molecule has 0 spiro atoms. The van der Waals surface area contributed by atoms with Crippen LogP contribution in [-0.4, -0.2) is 52.8 Å². The van der Waals surface area contributed by atoms with Crippen LogP contribution >= 0.6 is 11.6 Å². The number of halogens is 1. The molecule has 0 saturated carbocycles. The van der Waals surface area contributed by atoms with Gasteiger partial charge >= 0.3 is 0 Å². The highest BCUT2D eigenvalue weighted by Gasteiger charge is 2.18. The van der Waals surface area contributed by atoms with Gasteiger partial charge in [-0.25, -0.2) is 0 Å². The minimum atomic E-state index is 0.501. The van der Waals surface area contributed by atoms with Crippen molar-refractivity contribution in [1.29, 1.82) is 0 Å². The Labute approximate surface area is 116 Å². The van der Waals surface area contributed by atoms with Gasteiger partial charge in [0, 0.05) is 31.7 Å². The summed E-state index contributed by atoms with van der Waals surface area (Å²) in [5, 5.41) is 5.12. The third-order valence-corrected chi connectivity index (χ3v) is 3.76. The first kappa shape index (κ1) is 15.5. The van der Waals surface area contributed by atoms with E-state index in [0.717, 1.165) is 36.0 Å². The van der Waals surface area contributed by atoms with Crippen LogP contribution in [0.1, 0.15) is 25.1 Å². The van der Waals surface area contributed by atoms with Crippen molar-refractivity contribution in [3.63, 3.8) is 0 Å². The van der Waals surface area contributed by atoms with Gasteiger partial charge in [0.25, 0.3) is 0 Å². The highest BCUT2D eigenvalue weighted by atomic mass is 35.5. The zero-order valence-electron chi connectivity index (χ0n) is 12.4. The fourth-order valence-electron chi connectivity index (χ4n) is 2.28. The molecular formula is C13H25ClN4. The number of rotatable bonds is 6. The first-order valence-electron chi connectivity index (χ1n) is 6.43. The lowest BCUT2D eigenvalue weighted by Gasteiger charge is -2.29. The molecule has 1 unspecified atom stereocenters. The lowest BCUT2D eigenvalue weighted by Crippen LogP contribution is -2.39. The van der Waals surface area contributed by atoms with Crippen molar-refractivity contribution < 1.29 is 0 Å². The van der Waals surface area contributed by atoms with Crippen molar-refractivity contribution >= 4 is 11.6 Å². The summed E-state index contributed by atoms with van der Waals surface area (Å²) < 4.78 is 1.75. The highest BCUT2D eigenvalue weighted by Crippen LogP contribution is 2.21. The minimum absolute atomic E-state index is 0.501. The van der Waals surface area contributed by atoms with E-state index in [1.165, 1.54) is 0 Å². The van der Waals surface area contributed by atoms with E-state index in [-0.39, 0.29) is 0 Å². The third kappa shape index (κ3) is 3.70. The van der Waals surface area contributed by atoms with Gasteiger partial charge in [0.1, 0.15) is 5.15 Å². The summed E-state index contributed by atoms with van der Waals surface area (Å²) in [7, 11) is 6.09. The normalized spacial score (nSPS) is 13.6. The Morgan fingerprint density at radius 1 is 1.39 bits per heavy atom. The van der Waals surface area contributed by atoms with Crippen molar-refractivity contribution in [3.8, 4) is 0 Å². The van der Waals surface area contributed by atoms with Crippen molar-refractivity contribution in [2.45, 2.75) is 33.4 Å². The Morgan fingerprint density at radius 3 is 2.39 bits per heavy atom. The molecule has 104 valence electrons. The lowest BCUT2D eigenvalue weighted by molar-refractivity contribution is 0.174. The van der Waals surface area contributed by atoms with Gasteiger partial charge in [0.05, 0.1) is 5.69 Å². The number of aromatic nitrogens is 2. The predicted octanol–water partition coefficient (Wildman–Crippen LogP) is 2.15. The van der Waals surface area contributed by atoms with E-state index in [1.807, 2.05) is 14.0 Å². The number of likely N-dealkylation sites (N-methyl/N-ethyl adjacent to an activating group) is 2. The molecule has 0 amide bonds. The molecule has 0 saturated heterocycles. The zero-order chi connectivity index (χ0) is 13.9. The van der Waals surface area contributed by atoms with Crippen molar-refractivity contribution in [2.24, 2.45) is 7.05 Å². The van der Waals surface area contributed by atoms with E-state index < -0.39 is 0 Å². The third-order valence-electron chi connectivity index (χ3n) is 3.29. The summed E-state index contributed by atoms with van der Waals surface area (Å²) in [6, 6.07) is 0.501. The Bertz CT molecular complexity index is 387. The second kappa shape index (κ2) is 6.55. The minimum Gasteiger partial charge on any atom is -0.308 e. The Hall–Kier alpha value is -0.580. The second-order valence-corrected chi connectivity index (χ2v) is 5.51. The van der Waals surface area contributed by atoms with E-state index in [9.17, 15) is 0 Å². The predicted molar refractivity (Wildman–Crippen MR) is 77.1 cm³/mol. The summed E-state index contributed by atoms with van der Waals surface area (Å²) in [4.78, 5) is 4.64. The molecule has 18 heavy (non-hydrogen) atoms. The quantitative estimate of drug-likeness (QED) is 0.793. The smallest absolute Gasteiger partial charge is 0.131 e. The van der Waals surface area contributed by atoms with Gasteiger partial charge in [0.15, 0.2) is 0 Å². The molecule has 0 radical (unpaired) electrons. The molecule has 0 bridgehead atoms. The Morgan fingerprint density at radius 2 is 2.00 bits per heavy atom. The summed E-state index contributed by atoms with van der Waals surface area (Å²) in [6.45, 7) is 9.38. The van der Waals surface area contributed by atoms with Gasteiger partial charge in [-0.3, -0.25) is 9.58 Å². The second-order valence-electron chi connectivity index (χ2n) is 5.15. The molecule has 5 heteroatoms. The molecule has 0 aliphatic heterocycles. The maximum absolute atomic E-state index is 6.29. The van der Waals surface area contributed by atoms with E-state index >= 15 is 0 Å². The number of nitrogens with zero attached hydrogens (tertiary/aromatic N) is 4. The van der Waals surface area contributed by atoms with E-state index in [2.05, 4.69) is 42.8 Å². The van der Waals surface area contributed by atoms with Crippen LogP contribution in [0.15, 0.2) is 0 Å². The van der Waals surface area contributed by atoms with Gasteiger partial charge in [-0.05, 0) is 34.5 Å². The summed E-state index contributed by atoms with van der Waals surface area (Å²) in [5.74, 6) is 0. The van der Waals surface area contributed by atoms with E-state index in [4.69, 9.17) is 11.6 Å². The van der Waals surface area contributed by atoms with Crippen LogP contribution in [0.5, 0.6) is 0 Å². The van der Waals surface area contributed by atoms with Crippen molar-refractivity contribution in [3.05, 3.63) is 16.4 Å². The fraction of sp³-hybridized carbons (Fsp3) is 0.769. The van der Waals surface area contributed by atoms with Crippen LogP contribution in [0.2, 0.25) is 5.15 Å². The van der Waals surface area contributed by atoms with Gasteiger partial charge in [-0.1, -0.05) is 18.5 Å². The maximum Gasteiger partial charge on any atom is 0.131 e. The largest absolute Gasteiger partial charge is 0.308 e. The average Bonchev–Trinajstić information content (AvgIpc) is 2.50. The van der Waals surface area contributed by atoms with Crippen LogP contribution < -0.4 is 0 Å². The van der Waals surface area contributed by atoms with E-state index in [0.29, 0.717) is 6.04 Å². The summed E-state index contributed by atoms with van der Waals surface area (Å²) in [5.41, 5.74) is 2.17. The number of hydrogen-bond donors (Lipinski definition) is 0. The van der Waals surface area contributed by atoms with Crippen LogP contribution in [0.4, 0.5) is 0 Å². The molecule has 4 nitrogen and oxygen atoms in total. The lowest BCUT2D eigenvalue weighted by atomic mass is 10.2. The van der Waals surface area contributed by atoms with Crippen LogP contribution in [-0.2, 0) is 13.6 Å². The molecule has 1 aromatic rings. The fourth-order valence-corrected chi connectivity index (χ4v) is 2.51. The van der Waals surface area contributed by atoms with Crippen molar-refractivity contribution in [2.75, 3.05) is 27.2 Å². The summed E-state index contributed by atoms with van der Waals surface area (Å²) >= 11 is 6.29. The molecule has 0 aromatic carbocycles. The van der Waals surface area contributed by atoms with Crippen LogP contribution in [0, 0.1) is 6.92 Å². The molecule has 1 rings (SSSR count). The molecule has 1 heterocycles. The molecule has 1 aromatic heterocycles. The number of aryl methyl sites for hydroxylation is 2. The Balaban J connectivity index is 2.79. The average molecular weight is 273 g/mol. The molecular weight excluding hydrogens is 248 g/mol. The van der Waals surface area contributed by atoms with Gasteiger partial charge in [-0.15, -0.1) is 0 Å². The van der Waals surface area contributed by atoms with Crippen molar-refractivity contribution in [1.82, 2.24) is 19.6 Å². The molecule has 0 fully saturated rings. The van der Waals surface area contributed by atoms with Crippen LogP contribution in [0.25, 0.3) is 0 Å². The van der Waals surface area contributed by atoms with Crippen LogP contribution in [0.3, 0.4) is 0 Å². The first-order chi connectivity index (χ1) is 8.36. The molecule has 0 aliphatic rings. The van der Waals surface area contributed by atoms with E-state index in [1.54, 1.807) is 4.68 Å².